The summed E-state index contributed by atoms with van der Waals surface area (Å²) in [6.45, 7) is 0. The van der Waals surface area contributed by atoms with Gasteiger partial charge in [0.05, 0.1) is 0 Å². The predicted octanol–water partition coefficient (Wildman–Crippen LogP) is 3.69. The van der Waals surface area contributed by atoms with Gasteiger partial charge in [0.2, 0.25) is 0 Å². The molecule has 0 fully saturated rings. The molecule has 1 aromatic carbocycles. The molecule has 0 amide bonds. The third kappa shape index (κ3) is 1.89. The van der Waals surface area contributed by atoms with Crippen molar-refractivity contribution in [3.63, 3.8) is 0 Å². The zero-order valence-corrected chi connectivity index (χ0v) is 9.65. The van der Waals surface area contributed by atoms with E-state index in [0.717, 1.165) is 18.4 Å². The molecule has 84 valence electrons. The van der Waals surface area contributed by atoms with Crippen molar-refractivity contribution < 1.29 is 4.79 Å². The van der Waals surface area contributed by atoms with Gasteiger partial charge in [0.15, 0.2) is 5.78 Å². The van der Waals surface area contributed by atoms with Crippen molar-refractivity contribution in [1.82, 2.24) is 0 Å². The summed E-state index contributed by atoms with van der Waals surface area (Å²) in [4.78, 5) is 11.8. The Labute approximate surface area is 101 Å². The van der Waals surface area contributed by atoms with Gasteiger partial charge in [-0.2, -0.15) is 0 Å². The maximum absolute atomic E-state index is 11.8. The third-order valence-electron chi connectivity index (χ3n) is 3.45. The molecule has 2 aliphatic carbocycles. The van der Waals surface area contributed by atoms with E-state index >= 15 is 0 Å². The van der Waals surface area contributed by atoms with E-state index in [1.54, 1.807) is 0 Å². The summed E-state index contributed by atoms with van der Waals surface area (Å²) in [6, 6.07) is 10.3. The Bertz CT molecular complexity index is 544. The lowest BCUT2D eigenvalue weighted by molar-refractivity contribution is -0.114. The number of Topliss-reactive ketones (excluding diaryl/α,β-unsaturated/α-hetero) is 1. The predicted molar refractivity (Wildman–Crippen MR) is 69.4 cm³/mol. The van der Waals surface area contributed by atoms with Crippen LogP contribution in [0.2, 0.25) is 0 Å². The van der Waals surface area contributed by atoms with Crippen molar-refractivity contribution in [3.05, 3.63) is 65.3 Å². The summed E-state index contributed by atoms with van der Waals surface area (Å²) in [6.07, 6.45) is 8.68. The summed E-state index contributed by atoms with van der Waals surface area (Å²) >= 11 is 0. The summed E-state index contributed by atoms with van der Waals surface area (Å²) in [5.74, 6) is 0.327. The van der Waals surface area contributed by atoms with E-state index in [0.29, 0.717) is 12.2 Å². The number of ketones is 1. The molecule has 0 atom stereocenters. The van der Waals surface area contributed by atoms with Crippen LogP contribution < -0.4 is 0 Å². The monoisotopic (exact) mass is 222 g/mol. The van der Waals surface area contributed by atoms with Crippen LogP contribution in [-0.4, -0.2) is 5.78 Å². The zero-order valence-electron chi connectivity index (χ0n) is 9.65. The first kappa shape index (κ1) is 10.3. The number of carbonyl (C=O) groups is 1. The first-order chi connectivity index (χ1) is 8.34. The molecule has 0 aliphatic heterocycles. The SMILES string of the molecule is O=C1CCC2=C1CC(c1ccccc1)=CC=C2. The van der Waals surface area contributed by atoms with Crippen LogP contribution >= 0.6 is 0 Å². The quantitative estimate of drug-likeness (QED) is 0.708. The molecule has 0 N–H and O–H groups in total. The second-order valence-corrected chi connectivity index (χ2v) is 4.52. The largest absolute Gasteiger partial charge is 0.295 e. The lowest BCUT2D eigenvalue weighted by Crippen LogP contribution is -1.97. The van der Waals surface area contributed by atoms with Gasteiger partial charge in [-0.05, 0) is 23.1 Å². The highest BCUT2D eigenvalue weighted by atomic mass is 16.1. The molecular weight excluding hydrogens is 208 g/mol. The Morgan fingerprint density at radius 3 is 2.65 bits per heavy atom. The standard InChI is InChI=1S/C16H14O/c17-16-10-9-13-7-4-8-14(11-15(13)16)12-5-2-1-3-6-12/h1-8H,9-11H2. The van der Waals surface area contributed by atoms with Gasteiger partial charge in [-0.15, -0.1) is 0 Å². The van der Waals surface area contributed by atoms with E-state index in [9.17, 15) is 4.79 Å². The van der Waals surface area contributed by atoms with Crippen LogP contribution in [0.15, 0.2) is 59.7 Å². The van der Waals surface area contributed by atoms with Gasteiger partial charge < -0.3 is 0 Å². The van der Waals surface area contributed by atoms with Gasteiger partial charge in [0.25, 0.3) is 0 Å². The molecule has 1 aromatic rings. The second kappa shape index (κ2) is 4.17. The van der Waals surface area contributed by atoms with Gasteiger partial charge in [-0.25, -0.2) is 0 Å². The molecule has 0 bridgehead atoms. The highest BCUT2D eigenvalue weighted by Crippen LogP contribution is 2.34. The van der Waals surface area contributed by atoms with Crippen LogP contribution in [0.3, 0.4) is 0 Å². The highest BCUT2D eigenvalue weighted by molar-refractivity contribution is 6.01. The maximum Gasteiger partial charge on any atom is 0.159 e. The number of allylic oxidation sites excluding steroid dienone is 6. The summed E-state index contributed by atoms with van der Waals surface area (Å²) in [5.41, 5.74) is 4.71. The molecule has 0 heterocycles. The smallest absolute Gasteiger partial charge is 0.159 e. The topological polar surface area (TPSA) is 17.1 Å². The second-order valence-electron chi connectivity index (χ2n) is 4.52. The van der Waals surface area contributed by atoms with Crippen molar-refractivity contribution in [2.45, 2.75) is 19.3 Å². The highest BCUT2D eigenvalue weighted by Gasteiger charge is 2.23. The average molecular weight is 222 g/mol. The normalized spacial score (nSPS) is 19.1. The minimum absolute atomic E-state index is 0.327. The van der Waals surface area contributed by atoms with Gasteiger partial charge in [0, 0.05) is 18.4 Å². The van der Waals surface area contributed by atoms with Crippen LogP contribution in [-0.2, 0) is 4.79 Å². The maximum atomic E-state index is 11.8. The number of hydrogen-bond acceptors (Lipinski definition) is 1. The lowest BCUT2D eigenvalue weighted by Gasteiger charge is -2.07. The molecule has 0 saturated carbocycles. The molecule has 0 aromatic heterocycles. The van der Waals surface area contributed by atoms with E-state index in [-0.39, 0.29) is 0 Å². The lowest BCUT2D eigenvalue weighted by atomic mass is 9.97. The fourth-order valence-electron chi connectivity index (χ4n) is 2.51. The molecule has 0 spiro atoms. The molecule has 2 aliphatic rings. The summed E-state index contributed by atoms with van der Waals surface area (Å²) in [5, 5.41) is 0. The van der Waals surface area contributed by atoms with E-state index < -0.39 is 0 Å². The van der Waals surface area contributed by atoms with Gasteiger partial charge in [-0.1, -0.05) is 48.6 Å². The van der Waals surface area contributed by atoms with E-state index in [1.807, 2.05) is 18.2 Å². The Morgan fingerprint density at radius 2 is 1.82 bits per heavy atom. The first-order valence-electron chi connectivity index (χ1n) is 6.02. The van der Waals surface area contributed by atoms with E-state index in [4.69, 9.17) is 0 Å². The molecule has 3 rings (SSSR count). The van der Waals surface area contributed by atoms with Crippen molar-refractivity contribution in [1.29, 1.82) is 0 Å². The van der Waals surface area contributed by atoms with Crippen LogP contribution in [0, 0.1) is 0 Å². The number of rotatable bonds is 1. The van der Waals surface area contributed by atoms with Crippen molar-refractivity contribution in [3.8, 4) is 0 Å². The minimum atomic E-state index is 0.327. The average Bonchev–Trinajstić information content (AvgIpc) is 2.61. The molecule has 0 saturated heterocycles. The number of benzene rings is 1. The molecule has 1 heteroatoms. The van der Waals surface area contributed by atoms with Crippen LogP contribution in [0.4, 0.5) is 0 Å². The summed E-state index contributed by atoms with van der Waals surface area (Å²) in [7, 11) is 0. The van der Waals surface area contributed by atoms with Crippen LogP contribution in [0.5, 0.6) is 0 Å². The van der Waals surface area contributed by atoms with E-state index in [2.05, 4.69) is 30.4 Å². The first-order valence-corrected chi connectivity index (χ1v) is 6.02. The third-order valence-corrected chi connectivity index (χ3v) is 3.45. The Kier molecular flexibility index (Phi) is 2.52. The molecule has 1 nitrogen and oxygen atoms in total. The molecular formula is C16H14O. The van der Waals surface area contributed by atoms with Crippen LogP contribution in [0.1, 0.15) is 24.8 Å². The molecule has 0 radical (unpaired) electrons. The van der Waals surface area contributed by atoms with E-state index in [1.165, 1.54) is 16.7 Å². The Balaban J connectivity index is 1.98. The zero-order chi connectivity index (χ0) is 11.7. The van der Waals surface area contributed by atoms with Crippen molar-refractivity contribution in [2.24, 2.45) is 0 Å². The van der Waals surface area contributed by atoms with Gasteiger partial charge in [-0.3, -0.25) is 4.79 Å². The number of carbonyl (C=O) groups excluding carboxylic acids is 1. The fourth-order valence-corrected chi connectivity index (χ4v) is 2.51. The van der Waals surface area contributed by atoms with Crippen LogP contribution in [0.25, 0.3) is 5.57 Å². The van der Waals surface area contributed by atoms with Crippen molar-refractivity contribution >= 4 is 11.4 Å². The number of hydrogen-bond donors (Lipinski definition) is 0. The summed E-state index contributed by atoms with van der Waals surface area (Å²) < 4.78 is 0. The molecule has 17 heavy (non-hydrogen) atoms. The Hall–Kier alpha value is -1.89. The Morgan fingerprint density at radius 1 is 1.00 bits per heavy atom. The fraction of sp³-hybridized carbons (Fsp3) is 0.188. The van der Waals surface area contributed by atoms with Gasteiger partial charge in [0.1, 0.15) is 0 Å². The van der Waals surface area contributed by atoms with Crippen molar-refractivity contribution in [2.75, 3.05) is 0 Å². The molecule has 0 unspecified atom stereocenters. The van der Waals surface area contributed by atoms with Gasteiger partial charge >= 0.3 is 0 Å². The minimum Gasteiger partial charge on any atom is -0.295 e.